The summed E-state index contributed by atoms with van der Waals surface area (Å²) >= 11 is 0. The zero-order chi connectivity index (χ0) is 13.1. The number of hydrogen-bond donors (Lipinski definition) is 1. The normalized spacial score (nSPS) is 14.6. The van der Waals surface area contributed by atoms with Crippen LogP contribution in [0.15, 0.2) is 18.2 Å². The molecule has 5 heteroatoms. The van der Waals surface area contributed by atoms with E-state index in [1.165, 1.54) is 25.3 Å². The minimum absolute atomic E-state index is 0.112. The number of hydrogen-bond acceptors (Lipinski definition) is 4. The molecule has 0 bridgehead atoms. The second-order valence-corrected chi connectivity index (χ2v) is 4.22. The SMILES string of the molecule is COC(=O)c1ccc(O)c(C(=O)N2CCCC2)c1. The number of aromatic hydroxyl groups is 1. The molecule has 1 heterocycles. The van der Waals surface area contributed by atoms with Crippen molar-refractivity contribution < 1.29 is 19.4 Å². The molecule has 0 aromatic heterocycles. The highest BCUT2D eigenvalue weighted by Crippen LogP contribution is 2.22. The Morgan fingerprint density at radius 1 is 1.28 bits per heavy atom. The van der Waals surface area contributed by atoms with Crippen LogP contribution in [0.5, 0.6) is 5.75 Å². The lowest BCUT2D eigenvalue weighted by molar-refractivity contribution is 0.0600. The van der Waals surface area contributed by atoms with E-state index in [-0.39, 0.29) is 22.8 Å². The van der Waals surface area contributed by atoms with Gasteiger partial charge in [0.05, 0.1) is 18.2 Å². The van der Waals surface area contributed by atoms with Crippen molar-refractivity contribution in [2.45, 2.75) is 12.8 Å². The van der Waals surface area contributed by atoms with Crippen LogP contribution in [-0.2, 0) is 4.74 Å². The first-order valence-electron chi connectivity index (χ1n) is 5.84. The fourth-order valence-electron chi connectivity index (χ4n) is 2.04. The highest BCUT2D eigenvalue weighted by atomic mass is 16.5. The fraction of sp³-hybridized carbons (Fsp3) is 0.385. The van der Waals surface area contributed by atoms with Gasteiger partial charge in [-0.3, -0.25) is 4.79 Å². The Morgan fingerprint density at radius 2 is 1.94 bits per heavy atom. The van der Waals surface area contributed by atoms with Gasteiger partial charge in [0.2, 0.25) is 0 Å². The summed E-state index contributed by atoms with van der Waals surface area (Å²) in [6.07, 6.45) is 1.95. The number of amides is 1. The zero-order valence-electron chi connectivity index (χ0n) is 10.2. The first kappa shape index (κ1) is 12.4. The maximum Gasteiger partial charge on any atom is 0.337 e. The summed E-state index contributed by atoms with van der Waals surface area (Å²) < 4.78 is 4.59. The number of nitrogens with zero attached hydrogens (tertiary/aromatic N) is 1. The van der Waals surface area contributed by atoms with Crippen molar-refractivity contribution in [3.05, 3.63) is 29.3 Å². The number of ether oxygens (including phenoxy) is 1. The molecular formula is C13H15NO4. The number of methoxy groups -OCH3 is 1. The third-order valence-electron chi connectivity index (χ3n) is 3.04. The topological polar surface area (TPSA) is 66.8 Å². The van der Waals surface area contributed by atoms with Gasteiger partial charge in [0.1, 0.15) is 5.75 Å². The predicted octanol–water partition coefficient (Wildman–Crippen LogP) is 1.41. The Morgan fingerprint density at radius 3 is 2.56 bits per heavy atom. The first-order chi connectivity index (χ1) is 8.63. The number of likely N-dealkylation sites (tertiary alicyclic amines) is 1. The van der Waals surface area contributed by atoms with Gasteiger partial charge in [-0.05, 0) is 31.0 Å². The van der Waals surface area contributed by atoms with Crippen LogP contribution in [0.3, 0.4) is 0 Å². The van der Waals surface area contributed by atoms with E-state index in [4.69, 9.17) is 0 Å². The number of carbonyl (C=O) groups is 2. The Balaban J connectivity index is 2.30. The van der Waals surface area contributed by atoms with Gasteiger partial charge in [0, 0.05) is 13.1 Å². The lowest BCUT2D eigenvalue weighted by atomic mass is 10.1. The first-order valence-corrected chi connectivity index (χ1v) is 5.84. The lowest BCUT2D eigenvalue weighted by Crippen LogP contribution is -2.27. The molecule has 1 fully saturated rings. The molecule has 0 aliphatic carbocycles. The summed E-state index contributed by atoms with van der Waals surface area (Å²) in [4.78, 5) is 25.2. The van der Waals surface area contributed by atoms with Crippen LogP contribution in [-0.4, -0.2) is 42.1 Å². The molecule has 0 spiro atoms. The fourth-order valence-corrected chi connectivity index (χ4v) is 2.04. The molecule has 5 nitrogen and oxygen atoms in total. The number of carbonyl (C=O) groups excluding carboxylic acids is 2. The van der Waals surface area contributed by atoms with Crippen molar-refractivity contribution in [3.63, 3.8) is 0 Å². The molecular weight excluding hydrogens is 234 g/mol. The van der Waals surface area contributed by atoms with Gasteiger partial charge < -0.3 is 14.7 Å². The molecule has 18 heavy (non-hydrogen) atoms. The van der Waals surface area contributed by atoms with E-state index < -0.39 is 5.97 Å². The quantitative estimate of drug-likeness (QED) is 0.805. The molecule has 0 atom stereocenters. The Labute approximate surface area is 105 Å². The highest BCUT2D eigenvalue weighted by Gasteiger charge is 2.23. The van der Waals surface area contributed by atoms with Gasteiger partial charge >= 0.3 is 5.97 Å². The summed E-state index contributed by atoms with van der Waals surface area (Å²) in [5, 5.41) is 9.72. The molecule has 1 N–H and O–H groups in total. The summed E-state index contributed by atoms with van der Waals surface area (Å²) in [6.45, 7) is 1.39. The Bertz CT molecular complexity index is 478. The average Bonchev–Trinajstić information content (AvgIpc) is 2.91. The van der Waals surface area contributed by atoms with Gasteiger partial charge in [0.15, 0.2) is 0 Å². The van der Waals surface area contributed by atoms with Crippen LogP contribution in [0.25, 0.3) is 0 Å². The monoisotopic (exact) mass is 249 g/mol. The summed E-state index contributed by atoms with van der Waals surface area (Å²) in [6, 6.07) is 4.15. The van der Waals surface area contributed by atoms with Gasteiger partial charge in [0.25, 0.3) is 5.91 Å². The van der Waals surface area contributed by atoms with Crippen molar-refractivity contribution in [2.24, 2.45) is 0 Å². The molecule has 1 aliphatic rings. The van der Waals surface area contributed by atoms with Crippen LogP contribution in [0, 0.1) is 0 Å². The summed E-state index contributed by atoms with van der Waals surface area (Å²) in [5.74, 6) is -0.874. The van der Waals surface area contributed by atoms with E-state index in [0.717, 1.165) is 12.8 Å². The third-order valence-corrected chi connectivity index (χ3v) is 3.04. The number of esters is 1. The summed E-state index contributed by atoms with van der Waals surface area (Å²) in [5.41, 5.74) is 0.414. The summed E-state index contributed by atoms with van der Waals surface area (Å²) in [7, 11) is 1.27. The second-order valence-electron chi connectivity index (χ2n) is 4.22. The highest BCUT2D eigenvalue weighted by molar-refractivity contribution is 6.00. The van der Waals surface area contributed by atoms with Crippen molar-refractivity contribution in [3.8, 4) is 5.75 Å². The van der Waals surface area contributed by atoms with Crippen LogP contribution in [0.1, 0.15) is 33.6 Å². The largest absolute Gasteiger partial charge is 0.507 e. The maximum absolute atomic E-state index is 12.1. The van der Waals surface area contributed by atoms with Gasteiger partial charge in [-0.1, -0.05) is 0 Å². The molecule has 0 unspecified atom stereocenters. The Kier molecular flexibility index (Phi) is 3.50. The minimum Gasteiger partial charge on any atom is -0.507 e. The number of rotatable bonds is 2. The zero-order valence-corrected chi connectivity index (χ0v) is 10.2. The van der Waals surface area contributed by atoms with E-state index in [1.54, 1.807) is 4.90 Å². The van der Waals surface area contributed by atoms with Crippen molar-refractivity contribution in [1.82, 2.24) is 4.90 Å². The van der Waals surface area contributed by atoms with Crippen molar-refractivity contribution >= 4 is 11.9 Å². The molecule has 1 aromatic carbocycles. The van der Waals surface area contributed by atoms with Crippen molar-refractivity contribution in [1.29, 1.82) is 0 Å². The number of phenolic OH excluding ortho intramolecular Hbond substituents is 1. The van der Waals surface area contributed by atoms with Gasteiger partial charge in [-0.25, -0.2) is 4.79 Å². The minimum atomic E-state index is -0.523. The maximum atomic E-state index is 12.1. The van der Waals surface area contributed by atoms with Gasteiger partial charge in [-0.15, -0.1) is 0 Å². The average molecular weight is 249 g/mol. The number of phenols is 1. The molecule has 0 saturated carbocycles. The van der Waals surface area contributed by atoms with Crippen LogP contribution in [0.4, 0.5) is 0 Å². The van der Waals surface area contributed by atoms with E-state index in [9.17, 15) is 14.7 Å². The predicted molar refractivity (Wildman–Crippen MR) is 64.6 cm³/mol. The molecule has 96 valence electrons. The van der Waals surface area contributed by atoms with Crippen LogP contribution < -0.4 is 0 Å². The van der Waals surface area contributed by atoms with E-state index in [0.29, 0.717) is 13.1 Å². The third kappa shape index (κ3) is 2.30. The van der Waals surface area contributed by atoms with Crippen LogP contribution in [0.2, 0.25) is 0 Å². The lowest BCUT2D eigenvalue weighted by Gasteiger charge is -2.16. The van der Waals surface area contributed by atoms with E-state index >= 15 is 0 Å². The Hall–Kier alpha value is -2.04. The molecule has 1 saturated heterocycles. The van der Waals surface area contributed by atoms with E-state index in [2.05, 4.69) is 4.74 Å². The molecule has 1 aliphatic heterocycles. The van der Waals surface area contributed by atoms with Crippen LogP contribution >= 0.6 is 0 Å². The second kappa shape index (κ2) is 5.08. The van der Waals surface area contributed by atoms with Gasteiger partial charge in [-0.2, -0.15) is 0 Å². The smallest absolute Gasteiger partial charge is 0.337 e. The number of benzene rings is 1. The standard InChI is InChI=1S/C13H15NO4/c1-18-13(17)9-4-5-11(15)10(8-9)12(16)14-6-2-3-7-14/h4-5,8,15H,2-3,6-7H2,1H3. The molecule has 0 radical (unpaired) electrons. The molecule has 1 amide bonds. The molecule has 2 rings (SSSR count). The molecule has 1 aromatic rings. The van der Waals surface area contributed by atoms with E-state index in [1.807, 2.05) is 0 Å². The van der Waals surface area contributed by atoms with Crippen molar-refractivity contribution in [2.75, 3.05) is 20.2 Å².